The summed E-state index contributed by atoms with van der Waals surface area (Å²) in [4.78, 5) is 26.5. The van der Waals surface area contributed by atoms with E-state index < -0.39 is 5.91 Å². The third-order valence-corrected chi connectivity index (χ3v) is 4.71. The molecule has 0 atom stereocenters. The van der Waals surface area contributed by atoms with Crippen molar-refractivity contribution in [3.05, 3.63) is 82.7 Å². The van der Waals surface area contributed by atoms with Crippen molar-refractivity contribution in [1.82, 2.24) is 9.78 Å². The zero-order chi connectivity index (χ0) is 18.3. The van der Waals surface area contributed by atoms with Gasteiger partial charge in [0.25, 0.3) is 5.91 Å². The molecule has 0 aliphatic carbocycles. The normalized spacial score (nSPS) is 12.9. The number of amides is 2. The number of hydrogen-bond acceptors (Lipinski definition) is 3. The summed E-state index contributed by atoms with van der Waals surface area (Å²) in [6.07, 6.45) is 1.75. The Bertz CT molecular complexity index is 1020. The van der Waals surface area contributed by atoms with E-state index in [1.165, 1.54) is 0 Å². The Morgan fingerprint density at radius 3 is 2.65 bits per heavy atom. The van der Waals surface area contributed by atoms with Gasteiger partial charge in [-0.05, 0) is 48.4 Å². The topological polar surface area (TPSA) is 81.2 Å². The second-order valence-electron chi connectivity index (χ2n) is 6.39. The molecule has 3 aromatic rings. The van der Waals surface area contributed by atoms with Crippen LogP contribution in [0.1, 0.15) is 37.5 Å². The summed E-state index contributed by atoms with van der Waals surface area (Å²) in [5, 5.41) is 4.35. The van der Waals surface area contributed by atoms with Crippen molar-refractivity contribution in [1.29, 1.82) is 0 Å². The summed E-state index contributed by atoms with van der Waals surface area (Å²) < 4.78 is 1.91. The highest BCUT2D eigenvalue weighted by Gasteiger charge is 2.25. The number of primary amides is 1. The van der Waals surface area contributed by atoms with Crippen molar-refractivity contribution < 1.29 is 9.59 Å². The van der Waals surface area contributed by atoms with Gasteiger partial charge in [0, 0.05) is 23.0 Å². The lowest BCUT2D eigenvalue weighted by atomic mass is 10.0. The highest BCUT2D eigenvalue weighted by molar-refractivity contribution is 6.07. The van der Waals surface area contributed by atoms with Gasteiger partial charge in [-0.2, -0.15) is 5.10 Å². The number of hydrogen-bond donors (Lipinski definition) is 1. The minimum absolute atomic E-state index is 0.119. The number of carbonyl (C=O) groups excluding carboxylic acids is 2. The molecule has 0 fully saturated rings. The smallest absolute Gasteiger partial charge is 0.258 e. The van der Waals surface area contributed by atoms with Crippen LogP contribution in [0.4, 0.5) is 5.69 Å². The summed E-state index contributed by atoms with van der Waals surface area (Å²) in [5.74, 6) is -0.614. The molecule has 4 rings (SSSR count). The van der Waals surface area contributed by atoms with Crippen LogP contribution < -0.4 is 10.6 Å². The number of aromatic nitrogens is 2. The van der Waals surface area contributed by atoms with Gasteiger partial charge in [0.05, 0.1) is 18.8 Å². The van der Waals surface area contributed by atoms with Gasteiger partial charge in [0.15, 0.2) is 0 Å². The second-order valence-corrected chi connectivity index (χ2v) is 6.39. The van der Waals surface area contributed by atoms with Gasteiger partial charge in [-0.25, -0.2) is 0 Å². The van der Waals surface area contributed by atoms with E-state index in [0.29, 0.717) is 29.8 Å². The van der Waals surface area contributed by atoms with Gasteiger partial charge < -0.3 is 10.6 Å². The molecule has 26 heavy (non-hydrogen) atoms. The van der Waals surface area contributed by atoms with E-state index in [-0.39, 0.29) is 5.91 Å². The van der Waals surface area contributed by atoms with E-state index in [4.69, 9.17) is 5.73 Å². The van der Waals surface area contributed by atoms with Crippen LogP contribution in [0.2, 0.25) is 0 Å². The van der Waals surface area contributed by atoms with Crippen LogP contribution in [0.3, 0.4) is 0 Å². The number of carbonyl (C=O) groups is 2. The molecule has 0 radical (unpaired) electrons. The first-order chi connectivity index (χ1) is 12.5. The predicted octanol–water partition coefficient (Wildman–Crippen LogP) is 2.50. The molecule has 1 aromatic heterocycles. The SMILES string of the molecule is Cc1cc(C(=O)N2Cc3ccnn3Cc3ccccc32)ccc1C(N)=O. The molecular weight excluding hydrogens is 328 g/mol. The molecule has 0 unspecified atom stereocenters. The maximum absolute atomic E-state index is 13.3. The summed E-state index contributed by atoms with van der Waals surface area (Å²) in [7, 11) is 0. The first kappa shape index (κ1) is 16.1. The van der Waals surface area contributed by atoms with Crippen LogP contribution >= 0.6 is 0 Å². The molecule has 0 saturated heterocycles. The van der Waals surface area contributed by atoms with Gasteiger partial charge in [0.2, 0.25) is 5.91 Å². The van der Waals surface area contributed by atoms with E-state index >= 15 is 0 Å². The molecule has 1 aliphatic rings. The number of nitrogens with two attached hydrogens (primary N) is 1. The number of aryl methyl sites for hydroxylation is 1. The number of rotatable bonds is 2. The molecule has 130 valence electrons. The first-order valence-electron chi connectivity index (χ1n) is 8.35. The third-order valence-electron chi connectivity index (χ3n) is 4.71. The van der Waals surface area contributed by atoms with Gasteiger partial charge in [-0.1, -0.05) is 18.2 Å². The number of fused-ring (bicyclic) bond motifs is 2. The number of anilines is 1. The summed E-state index contributed by atoms with van der Waals surface area (Å²) in [5.41, 5.74) is 9.89. The van der Waals surface area contributed by atoms with Crippen LogP contribution in [0.25, 0.3) is 0 Å². The highest BCUT2D eigenvalue weighted by Crippen LogP contribution is 2.28. The Hall–Kier alpha value is -3.41. The van der Waals surface area contributed by atoms with Gasteiger partial charge in [-0.3, -0.25) is 14.3 Å². The Morgan fingerprint density at radius 1 is 1.08 bits per heavy atom. The Balaban J connectivity index is 1.78. The summed E-state index contributed by atoms with van der Waals surface area (Å²) in [6.45, 7) is 2.84. The summed E-state index contributed by atoms with van der Waals surface area (Å²) in [6, 6.07) is 14.7. The number of benzene rings is 2. The van der Waals surface area contributed by atoms with Gasteiger partial charge in [0.1, 0.15) is 0 Å². The standard InChI is InChI=1S/C20H18N4O2/c1-13-10-14(6-7-17(13)19(21)25)20(26)23-12-16-8-9-22-24(16)11-15-4-2-3-5-18(15)23/h2-10H,11-12H2,1H3,(H2,21,25). The number of para-hydroxylation sites is 1. The van der Waals surface area contributed by atoms with E-state index in [1.54, 1.807) is 36.2 Å². The lowest BCUT2D eigenvalue weighted by molar-refractivity contribution is 0.0978. The van der Waals surface area contributed by atoms with Crippen molar-refractivity contribution >= 4 is 17.5 Å². The quantitative estimate of drug-likeness (QED) is 0.774. The predicted molar refractivity (Wildman–Crippen MR) is 98.0 cm³/mol. The molecule has 0 spiro atoms. The van der Waals surface area contributed by atoms with Crippen molar-refractivity contribution in [2.75, 3.05) is 4.90 Å². The fourth-order valence-corrected chi connectivity index (χ4v) is 3.36. The monoisotopic (exact) mass is 346 g/mol. The first-order valence-corrected chi connectivity index (χ1v) is 8.35. The molecule has 0 bridgehead atoms. The van der Waals surface area contributed by atoms with E-state index in [2.05, 4.69) is 5.10 Å². The fraction of sp³-hybridized carbons (Fsp3) is 0.150. The minimum Gasteiger partial charge on any atom is -0.366 e. The van der Waals surface area contributed by atoms with Gasteiger partial charge >= 0.3 is 0 Å². The second kappa shape index (κ2) is 6.15. The van der Waals surface area contributed by atoms with Crippen LogP contribution in [-0.2, 0) is 13.1 Å². The molecule has 0 saturated carbocycles. The Morgan fingerprint density at radius 2 is 1.88 bits per heavy atom. The zero-order valence-corrected chi connectivity index (χ0v) is 14.3. The van der Waals surface area contributed by atoms with Gasteiger partial charge in [-0.15, -0.1) is 0 Å². The average molecular weight is 346 g/mol. The lowest BCUT2D eigenvalue weighted by Crippen LogP contribution is -2.30. The molecule has 2 aromatic carbocycles. The molecule has 2 heterocycles. The Labute approximate surface area is 150 Å². The maximum atomic E-state index is 13.3. The van der Waals surface area contributed by atoms with Crippen molar-refractivity contribution in [2.45, 2.75) is 20.0 Å². The highest BCUT2D eigenvalue weighted by atomic mass is 16.2. The van der Waals surface area contributed by atoms with Crippen LogP contribution in [-0.4, -0.2) is 21.6 Å². The molecule has 1 aliphatic heterocycles. The molecule has 2 N–H and O–H groups in total. The summed E-state index contributed by atoms with van der Waals surface area (Å²) >= 11 is 0. The molecule has 2 amide bonds. The average Bonchev–Trinajstić information content (AvgIpc) is 3.00. The molecular formula is C20H18N4O2. The van der Waals surface area contributed by atoms with E-state index in [1.807, 2.05) is 35.0 Å². The molecule has 6 nitrogen and oxygen atoms in total. The third kappa shape index (κ3) is 2.65. The van der Waals surface area contributed by atoms with Crippen molar-refractivity contribution in [3.8, 4) is 0 Å². The van der Waals surface area contributed by atoms with Crippen LogP contribution in [0.15, 0.2) is 54.7 Å². The maximum Gasteiger partial charge on any atom is 0.258 e. The van der Waals surface area contributed by atoms with Crippen LogP contribution in [0, 0.1) is 6.92 Å². The van der Waals surface area contributed by atoms with Crippen molar-refractivity contribution in [3.63, 3.8) is 0 Å². The Kier molecular flexibility index (Phi) is 3.80. The van der Waals surface area contributed by atoms with Crippen LogP contribution in [0.5, 0.6) is 0 Å². The fourth-order valence-electron chi connectivity index (χ4n) is 3.36. The minimum atomic E-state index is -0.495. The zero-order valence-electron chi connectivity index (χ0n) is 14.3. The number of nitrogens with zero attached hydrogens (tertiary/aromatic N) is 3. The van der Waals surface area contributed by atoms with E-state index in [0.717, 1.165) is 16.9 Å². The van der Waals surface area contributed by atoms with Crippen molar-refractivity contribution in [2.24, 2.45) is 5.73 Å². The molecule has 6 heteroatoms. The van der Waals surface area contributed by atoms with E-state index in [9.17, 15) is 9.59 Å². The largest absolute Gasteiger partial charge is 0.366 e. The lowest BCUT2D eigenvalue weighted by Gasteiger charge is -2.23.